The van der Waals surface area contributed by atoms with Crippen LogP contribution in [0.3, 0.4) is 0 Å². The van der Waals surface area contributed by atoms with Gasteiger partial charge in [0, 0.05) is 35.2 Å². The number of terminal acetylenes is 1. The molecule has 160 valence electrons. The van der Waals surface area contributed by atoms with E-state index in [-0.39, 0.29) is 22.4 Å². The molecule has 2 saturated carbocycles. The lowest BCUT2D eigenvalue weighted by molar-refractivity contribution is -0.160. The smallest absolute Gasteiger partial charge is 0.306 e. The summed E-state index contributed by atoms with van der Waals surface area (Å²) in [5.41, 5.74) is 3.32. The maximum absolute atomic E-state index is 12.1. The molecule has 2 heterocycles. The van der Waals surface area contributed by atoms with Gasteiger partial charge in [-0.15, -0.1) is 35.9 Å². The topological polar surface area (TPSA) is 26.3 Å². The summed E-state index contributed by atoms with van der Waals surface area (Å²) >= 11 is 4.32. The van der Waals surface area contributed by atoms with Crippen molar-refractivity contribution in [1.29, 1.82) is 0 Å². The maximum Gasteiger partial charge on any atom is 0.306 e. The van der Waals surface area contributed by atoms with Crippen molar-refractivity contribution in [2.24, 2.45) is 22.7 Å². The molecule has 6 aliphatic rings. The van der Waals surface area contributed by atoms with Gasteiger partial charge >= 0.3 is 5.97 Å². The summed E-state index contributed by atoms with van der Waals surface area (Å²) in [6.45, 7) is 2.43. The van der Waals surface area contributed by atoms with Gasteiger partial charge in [-0.2, -0.15) is 0 Å². The minimum Gasteiger partial charge on any atom is -0.458 e. The van der Waals surface area contributed by atoms with Crippen LogP contribution in [0.5, 0.6) is 0 Å². The highest BCUT2D eigenvalue weighted by molar-refractivity contribution is 8.21. The Bertz CT molecular complexity index is 891. The fourth-order valence-corrected chi connectivity index (χ4v) is 11.4. The lowest BCUT2D eigenvalue weighted by Gasteiger charge is -2.56. The van der Waals surface area contributed by atoms with E-state index in [9.17, 15) is 4.79 Å². The van der Waals surface area contributed by atoms with Crippen LogP contribution < -0.4 is 0 Å². The van der Waals surface area contributed by atoms with Crippen LogP contribution in [0.1, 0.15) is 71.1 Å². The lowest BCUT2D eigenvalue weighted by Crippen LogP contribution is -2.51. The summed E-state index contributed by atoms with van der Waals surface area (Å²) in [7, 11) is 0. The van der Waals surface area contributed by atoms with Crippen LogP contribution in [-0.2, 0) is 9.53 Å². The minimum atomic E-state index is -0.208. The highest BCUT2D eigenvalue weighted by Gasteiger charge is 2.66. The van der Waals surface area contributed by atoms with E-state index in [2.05, 4.69) is 48.5 Å². The van der Waals surface area contributed by atoms with Crippen LogP contribution in [0.4, 0.5) is 0 Å². The zero-order valence-corrected chi connectivity index (χ0v) is 19.6. The molecule has 5 atom stereocenters. The molecule has 30 heavy (non-hydrogen) atoms. The van der Waals surface area contributed by atoms with E-state index >= 15 is 0 Å². The number of allylic oxidation sites excluding steroid dienone is 3. The summed E-state index contributed by atoms with van der Waals surface area (Å²) in [5, 5.41) is 0. The number of esters is 1. The number of hydrogen-bond acceptors (Lipinski definition) is 4. The first kappa shape index (κ1) is 19.9. The average molecular weight is 441 g/mol. The van der Waals surface area contributed by atoms with Crippen LogP contribution in [-0.4, -0.2) is 27.2 Å². The zero-order chi connectivity index (χ0) is 20.6. The van der Waals surface area contributed by atoms with Crippen molar-refractivity contribution >= 4 is 29.5 Å². The highest BCUT2D eigenvalue weighted by atomic mass is 32.2. The Labute approximate surface area is 189 Å². The first-order valence-electron chi connectivity index (χ1n) is 11.8. The molecule has 0 aromatic heterocycles. The Morgan fingerprint density at radius 2 is 2.00 bits per heavy atom. The molecular weight excluding hydrogens is 408 g/mol. The van der Waals surface area contributed by atoms with Crippen LogP contribution in [0, 0.1) is 35.0 Å². The van der Waals surface area contributed by atoms with E-state index < -0.39 is 0 Å². The Morgan fingerprint density at radius 1 is 1.17 bits per heavy atom. The quantitative estimate of drug-likeness (QED) is 0.278. The van der Waals surface area contributed by atoms with Gasteiger partial charge in [-0.05, 0) is 63.2 Å². The molecule has 0 unspecified atom stereocenters. The number of ether oxygens (including phenoxy) is 1. The van der Waals surface area contributed by atoms with Crippen LogP contribution >= 0.6 is 23.5 Å². The van der Waals surface area contributed by atoms with E-state index in [0.717, 1.165) is 25.7 Å². The van der Waals surface area contributed by atoms with E-state index in [1.807, 2.05) is 0 Å². The standard InChI is InChI=1S/C26H32O2S2/c1-3-9-24-13-14-26(29-15-16-30-26)17-18(24)4-5-19-20-7-11-25(12-8-22(27)28-25)23(20,2)10-6-21(19)24/h1,6,17,19-20H,4-5,7-16H2,2H3/t19-,20-,23-,24-,25+/m0/s1. The van der Waals surface area contributed by atoms with E-state index in [4.69, 9.17) is 11.2 Å². The largest absolute Gasteiger partial charge is 0.458 e. The van der Waals surface area contributed by atoms with Gasteiger partial charge in [-0.25, -0.2) is 0 Å². The molecular formula is C26H32O2S2. The summed E-state index contributed by atoms with van der Waals surface area (Å²) in [6, 6.07) is 0. The highest BCUT2D eigenvalue weighted by Crippen LogP contribution is 2.70. The maximum atomic E-state index is 12.1. The van der Waals surface area contributed by atoms with Crippen LogP contribution in [0.2, 0.25) is 0 Å². The number of hydrogen-bond donors (Lipinski definition) is 0. The number of fused-ring (bicyclic) bond motifs is 6. The number of rotatable bonds is 1. The first-order chi connectivity index (χ1) is 14.5. The molecule has 0 aromatic carbocycles. The number of carbonyl (C=O) groups excluding carboxylic acids is 1. The molecule has 0 radical (unpaired) electrons. The zero-order valence-electron chi connectivity index (χ0n) is 18.0. The second kappa shape index (κ2) is 6.61. The molecule has 4 aliphatic carbocycles. The Morgan fingerprint density at radius 3 is 2.73 bits per heavy atom. The Balaban J connectivity index is 1.41. The van der Waals surface area contributed by atoms with Crippen LogP contribution in [0.15, 0.2) is 23.3 Å². The van der Waals surface area contributed by atoms with Crippen molar-refractivity contribution in [3.05, 3.63) is 23.3 Å². The van der Waals surface area contributed by atoms with Crippen molar-refractivity contribution in [3.8, 4) is 12.3 Å². The van der Waals surface area contributed by atoms with Gasteiger partial charge in [0.25, 0.3) is 0 Å². The molecule has 0 amide bonds. The molecule has 0 N–H and O–H groups in total. The molecule has 6 rings (SSSR count). The summed E-state index contributed by atoms with van der Waals surface area (Å²) in [6.07, 6.45) is 21.8. The predicted octanol–water partition coefficient (Wildman–Crippen LogP) is 6.12. The third-order valence-corrected chi connectivity index (χ3v) is 13.2. The van der Waals surface area contributed by atoms with Gasteiger partial charge in [-0.1, -0.05) is 30.2 Å². The molecule has 2 nitrogen and oxygen atoms in total. The molecule has 0 bridgehead atoms. The summed E-state index contributed by atoms with van der Waals surface area (Å²) in [4.78, 5) is 12.1. The molecule has 4 heteroatoms. The molecule has 2 spiro atoms. The SMILES string of the molecule is C#CC[C@]12CCC3(C=C1CC[C@@H]1C2=CC[C@@]2(C)[C@H]1CC[C@@]21CCC(=O)O1)SCCS3. The lowest BCUT2D eigenvalue weighted by atomic mass is 9.49. The second-order valence-corrected chi connectivity index (χ2v) is 13.8. The second-order valence-electron chi connectivity index (χ2n) is 10.7. The van der Waals surface area contributed by atoms with Gasteiger partial charge < -0.3 is 4.74 Å². The van der Waals surface area contributed by atoms with Gasteiger partial charge in [0.1, 0.15) is 5.60 Å². The third kappa shape index (κ3) is 2.46. The molecule has 0 aromatic rings. The number of thioether (sulfide) groups is 2. The van der Waals surface area contributed by atoms with Crippen molar-refractivity contribution in [2.45, 2.75) is 80.8 Å². The van der Waals surface area contributed by atoms with Crippen molar-refractivity contribution in [1.82, 2.24) is 0 Å². The van der Waals surface area contributed by atoms with E-state index in [1.165, 1.54) is 43.6 Å². The number of carbonyl (C=O) groups is 1. The monoisotopic (exact) mass is 440 g/mol. The van der Waals surface area contributed by atoms with Crippen LogP contribution in [0.25, 0.3) is 0 Å². The summed E-state index contributed by atoms with van der Waals surface area (Å²) in [5.74, 6) is 6.93. The van der Waals surface area contributed by atoms with Crippen molar-refractivity contribution < 1.29 is 9.53 Å². The molecule has 2 aliphatic heterocycles. The Hall–Kier alpha value is -0.790. The normalized spacial score (nSPS) is 45.9. The summed E-state index contributed by atoms with van der Waals surface area (Å²) < 4.78 is 6.41. The first-order valence-corrected chi connectivity index (χ1v) is 13.8. The third-order valence-electron chi connectivity index (χ3n) is 9.76. The Kier molecular flexibility index (Phi) is 4.38. The van der Waals surface area contributed by atoms with Gasteiger partial charge in [0.15, 0.2) is 0 Å². The fraction of sp³-hybridized carbons (Fsp3) is 0.731. The predicted molar refractivity (Wildman–Crippen MR) is 125 cm³/mol. The molecule has 2 saturated heterocycles. The molecule has 4 fully saturated rings. The van der Waals surface area contributed by atoms with Crippen molar-refractivity contribution in [2.75, 3.05) is 11.5 Å². The van der Waals surface area contributed by atoms with E-state index in [0.29, 0.717) is 22.3 Å². The van der Waals surface area contributed by atoms with Gasteiger partial charge in [0.05, 0.1) is 4.08 Å². The fourth-order valence-electron chi connectivity index (χ4n) is 8.26. The average Bonchev–Trinajstić information content (AvgIpc) is 3.42. The van der Waals surface area contributed by atoms with Crippen molar-refractivity contribution in [3.63, 3.8) is 0 Å². The van der Waals surface area contributed by atoms with Gasteiger partial charge in [0.2, 0.25) is 0 Å². The van der Waals surface area contributed by atoms with E-state index in [1.54, 1.807) is 11.1 Å². The van der Waals surface area contributed by atoms with Gasteiger partial charge in [-0.3, -0.25) is 4.79 Å². The minimum absolute atomic E-state index is 0.0217.